The van der Waals surface area contributed by atoms with Crippen LogP contribution in [-0.2, 0) is 9.47 Å². The standard InChI is InChI=1S/C21H19F2NO4/c1-13-12-17(18(27-13)20(25)26-2)19(28-21(22)23)24-16-10-8-15(9-11-16)14-6-4-3-5-7-14/h3-12,19,21,24H,1-2H3. The number of halogens is 2. The SMILES string of the molecule is COC(=O)c1oc(C)cc1C(Nc1ccc(-c2ccccc2)cc1)OC(F)F. The third-order valence-electron chi connectivity index (χ3n) is 4.07. The highest BCUT2D eigenvalue weighted by molar-refractivity contribution is 5.88. The highest BCUT2D eigenvalue weighted by Gasteiger charge is 2.27. The van der Waals surface area contributed by atoms with E-state index in [9.17, 15) is 13.6 Å². The average molecular weight is 387 g/mol. The van der Waals surface area contributed by atoms with Gasteiger partial charge in [0.1, 0.15) is 5.76 Å². The number of carbonyl (C=O) groups is 1. The maximum atomic E-state index is 13.0. The van der Waals surface area contributed by atoms with E-state index in [0.717, 1.165) is 11.1 Å². The van der Waals surface area contributed by atoms with Crippen molar-refractivity contribution in [3.05, 3.63) is 77.7 Å². The number of anilines is 1. The van der Waals surface area contributed by atoms with Crippen molar-refractivity contribution in [1.82, 2.24) is 0 Å². The number of methoxy groups -OCH3 is 1. The van der Waals surface area contributed by atoms with Gasteiger partial charge in [-0.25, -0.2) is 4.79 Å². The number of nitrogens with one attached hydrogen (secondary N) is 1. The van der Waals surface area contributed by atoms with E-state index in [1.807, 2.05) is 42.5 Å². The van der Waals surface area contributed by atoms with Gasteiger partial charge in [0.2, 0.25) is 5.76 Å². The summed E-state index contributed by atoms with van der Waals surface area (Å²) in [6.07, 6.45) is -1.30. The molecule has 1 N–H and O–H groups in total. The molecular weight excluding hydrogens is 368 g/mol. The zero-order valence-electron chi connectivity index (χ0n) is 15.3. The Morgan fingerprint density at radius 2 is 1.68 bits per heavy atom. The van der Waals surface area contributed by atoms with Crippen molar-refractivity contribution in [2.75, 3.05) is 12.4 Å². The van der Waals surface area contributed by atoms with Gasteiger partial charge in [0.25, 0.3) is 0 Å². The van der Waals surface area contributed by atoms with Gasteiger partial charge in [0.05, 0.1) is 12.7 Å². The Labute approximate surface area is 160 Å². The molecule has 0 aliphatic rings. The molecule has 28 heavy (non-hydrogen) atoms. The van der Waals surface area contributed by atoms with E-state index < -0.39 is 18.8 Å². The van der Waals surface area contributed by atoms with E-state index in [4.69, 9.17) is 9.15 Å². The second-order valence-electron chi connectivity index (χ2n) is 6.00. The van der Waals surface area contributed by atoms with Gasteiger partial charge >= 0.3 is 12.6 Å². The monoisotopic (exact) mass is 387 g/mol. The summed E-state index contributed by atoms with van der Waals surface area (Å²) < 4.78 is 40.6. The molecule has 0 fully saturated rings. The predicted octanol–water partition coefficient (Wildman–Crippen LogP) is 5.39. The molecule has 3 rings (SSSR count). The van der Waals surface area contributed by atoms with Crippen LogP contribution in [-0.4, -0.2) is 19.7 Å². The highest BCUT2D eigenvalue weighted by Crippen LogP contribution is 2.30. The van der Waals surface area contributed by atoms with Crippen LogP contribution in [0.25, 0.3) is 11.1 Å². The Balaban J connectivity index is 1.87. The summed E-state index contributed by atoms with van der Waals surface area (Å²) in [6.45, 7) is -1.45. The lowest BCUT2D eigenvalue weighted by Gasteiger charge is -2.20. The summed E-state index contributed by atoms with van der Waals surface area (Å²) >= 11 is 0. The van der Waals surface area contributed by atoms with Crippen molar-refractivity contribution in [3.8, 4) is 11.1 Å². The van der Waals surface area contributed by atoms with E-state index in [-0.39, 0.29) is 11.3 Å². The molecule has 2 aromatic carbocycles. The molecule has 0 bridgehead atoms. The minimum absolute atomic E-state index is 0.136. The van der Waals surface area contributed by atoms with Crippen molar-refractivity contribution >= 4 is 11.7 Å². The molecular formula is C21H19F2NO4. The molecule has 0 amide bonds. The van der Waals surface area contributed by atoms with Gasteiger partial charge in [0, 0.05) is 5.69 Å². The Bertz CT molecular complexity index is 923. The number of ether oxygens (including phenoxy) is 2. The fourth-order valence-corrected chi connectivity index (χ4v) is 2.81. The molecule has 0 saturated carbocycles. The number of carbonyl (C=O) groups excluding carboxylic acids is 1. The van der Waals surface area contributed by atoms with Gasteiger partial charge in [-0.05, 0) is 36.2 Å². The van der Waals surface area contributed by atoms with Gasteiger partial charge in [-0.2, -0.15) is 8.78 Å². The molecule has 0 saturated heterocycles. The van der Waals surface area contributed by atoms with Crippen molar-refractivity contribution < 1.29 is 27.5 Å². The van der Waals surface area contributed by atoms with E-state index in [2.05, 4.69) is 10.1 Å². The van der Waals surface area contributed by atoms with Crippen LogP contribution in [0.4, 0.5) is 14.5 Å². The third kappa shape index (κ3) is 4.55. The fourth-order valence-electron chi connectivity index (χ4n) is 2.81. The Morgan fingerprint density at radius 3 is 2.29 bits per heavy atom. The lowest BCUT2D eigenvalue weighted by atomic mass is 10.1. The zero-order valence-corrected chi connectivity index (χ0v) is 15.3. The number of alkyl halides is 2. The Hall–Kier alpha value is -3.19. The molecule has 7 heteroatoms. The number of furan rings is 1. The summed E-state index contributed by atoms with van der Waals surface area (Å²) in [5, 5.41) is 2.87. The van der Waals surface area contributed by atoms with Gasteiger partial charge < -0.3 is 14.5 Å². The molecule has 146 valence electrons. The molecule has 0 aliphatic heterocycles. The largest absolute Gasteiger partial charge is 0.463 e. The van der Waals surface area contributed by atoms with Crippen molar-refractivity contribution in [3.63, 3.8) is 0 Å². The summed E-state index contributed by atoms with van der Waals surface area (Å²) in [5.74, 6) is -0.578. The second-order valence-corrected chi connectivity index (χ2v) is 6.00. The quantitative estimate of drug-likeness (QED) is 0.435. The normalized spacial score (nSPS) is 12.0. The first-order valence-electron chi connectivity index (χ1n) is 8.52. The predicted molar refractivity (Wildman–Crippen MR) is 100 cm³/mol. The summed E-state index contributed by atoms with van der Waals surface area (Å²) in [4.78, 5) is 11.9. The first kappa shape index (κ1) is 19.6. The average Bonchev–Trinajstić information content (AvgIpc) is 3.09. The van der Waals surface area contributed by atoms with Gasteiger partial charge in [-0.15, -0.1) is 0 Å². The van der Waals surface area contributed by atoms with Gasteiger partial charge in [0.15, 0.2) is 6.23 Å². The van der Waals surface area contributed by atoms with E-state index in [1.54, 1.807) is 19.1 Å². The molecule has 1 atom stereocenters. The topological polar surface area (TPSA) is 60.7 Å². The van der Waals surface area contributed by atoms with Crippen LogP contribution in [0, 0.1) is 6.92 Å². The minimum Gasteiger partial charge on any atom is -0.463 e. The van der Waals surface area contributed by atoms with Crippen molar-refractivity contribution in [1.29, 1.82) is 0 Å². The van der Waals surface area contributed by atoms with Crippen LogP contribution in [0.1, 0.15) is 28.1 Å². The van der Waals surface area contributed by atoms with Crippen LogP contribution in [0.3, 0.4) is 0 Å². The molecule has 5 nitrogen and oxygen atoms in total. The number of hydrogen-bond acceptors (Lipinski definition) is 5. The summed E-state index contributed by atoms with van der Waals surface area (Å²) in [7, 11) is 1.18. The zero-order chi connectivity index (χ0) is 20.1. The number of hydrogen-bond donors (Lipinski definition) is 1. The van der Waals surface area contributed by atoms with Crippen LogP contribution in [0.2, 0.25) is 0 Å². The first-order chi connectivity index (χ1) is 13.5. The molecule has 0 aliphatic carbocycles. The maximum Gasteiger partial charge on any atom is 0.374 e. The van der Waals surface area contributed by atoms with Crippen LogP contribution in [0.5, 0.6) is 0 Å². The summed E-state index contributed by atoms with van der Waals surface area (Å²) in [6, 6.07) is 18.4. The minimum atomic E-state index is -3.05. The van der Waals surface area contributed by atoms with Crippen LogP contribution < -0.4 is 5.32 Å². The molecule has 1 aromatic heterocycles. The first-order valence-corrected chi connectivity index (χ1v) is 8.52. The third-order valence-corrected chi connectivity index (χ3v) is 4.07. The molecule has 0 spiro atoms. The molecule has 0 radical (unpaired) electrons. The lowest BCUT2D eigenvalue weighted by Crippen LogP contribution is -2.19. The number of rotatable bonds is 7. The molecule has 1 unspecified atom stereocenters. The lowest BCUT2D eigenvalue weighted by molar-refractivity contribution is -0.157. The fraction of sp³-hybridized carbons (Fsp3) is 0.190. The second kappa shape index (κ2) is 8.67. The van der Waals surface area contributed by atoms with Crippen LogP contribution in [0.15, 0.2) is 65.1 Å². The van der Waals surface area contributed by atoms with Crippen LogP contribution >= 0.6 is 0 Å². The van der Waals surface area contributed by atoms with E-state index in [0.29, 0.717) is 11.4 Å². The highest BCUT2D eigenvalue weighted by atomic mass is 19.3. The number of aryl methyl sites for hydroxylation is 1. The Morgan fingerprint density at radius 1 is 1.04 bits per heavy atom. The van der Waals surface area contributed by atoms with Gasteiger partial charge in [-0.1, -0.05) is 42.5 Å². The maximum absolute atomic E-state index is 13.0. The number of esters is 1. The smallest absolute Gasteiger partial charge is 0.374 e. The van der Waals surface area contributed by atoms with Crippen molar-refractivity contribution in [2.45, 2.75) is 19.8 Å². The van der Waals surface area contributed by atoms with Gasteiger partial charge in [-0.3, -0.25) is 4.74 Å². The van der Waals surface area contributed by atoms with Crippen molar-refractivity contribution in [2.24, 2.45) is 0 Å². The summed E-state index contributed by atoms with van der Waals surface area (Å²) in [5.41, 5.74) is 2.69. The number of benzene rings is 2. The Kier molecular flexibility index (Phi) is 6.06. The van der Waals surface area contributed by atoms with E-state index >= 15 is 0 Å². The molecule has 3 aromatic rings. The van der Waals surface area contributed by atoms with E-state index in [1.165, 1.54) is 13.2 Å². The molecule has 1 heterocycles.